The minimum absolute atomic E-state index is 0.0665. The van der Waals surface area contributed by atoms with Crippen LogP contribution in [0.25, 0.3) is 0 Å². The fourth-order valence-corrected chi connectivity index (χ4v) is 7.14. The number of likely N-dealkylation sites (tertiary alicyclic amines) is 1. The summed E-state index contributed by atoms with van der Waals surface area (Å²) in [6.07, 6.45) is -2.64. The van der Waals surface area contributed by atoms with E-state index in [-0.39, 0.29) is 29.1 Å². The van der Waals surface area contributed by atoms with E-state index in [2.05, 4.69) is 9.62 Å². The van der Waals surface area contributed by atoms with Gasteiger partial charge in [-0.05, 0) is 67.3 Å². The predicted octanol–water partition coefficient (Wildman–Crippen LogP) is 5.75. The second kappa shape index (κ2) is 12.2. The van der Waals surface area contributed by atoms with Crippen LogP contribution >= 0.6 is 23.1 Å². The second-order valence-electron chi connectivity index (χ2n) is 9.20. The summed E-state index contributed by atoms with van der Waals surface area (Å²) < 4.78 is 68.0. The average Bonchev–Trinajstić information content (AvgIpc) is 3.37. The molecule has 1 fully saturated rings. The lowest BCUT2D eigenvalue weighted by Crippen LogP contribution is -2.40. The van der Waals surface area contributed by atoms with Gasteiger partial charge in [0.1, 0.15) is 4.21 Å². The van der Waals surface area contributed by atoms with E-state index < -0.39 is 21.8 Å². The quantitative estimate of drug-likeness (QED) is 0.325. The number of piperidine rings is 1. The molecule has 0 radical (unpaired) electrons. The number of benzene rings is 2. The van der Waals surface area contributed by atoms with Crippen molar-refractivity contribution in [3.63, 3.8) is 0 Å². The zero-order valence-electron chi connectivity index (χ0n) is 20.3. The first-order valence-corrected chi connectivity index (χ1v) is 14.6. The molecule has 0 bridgehead atoms. The third-order valence-corrected chi connectivity index (χ3v) is 9.55. The van der Waals surface area contributed by atoms with Gasteiger partial charge in [-0.25, -0.2) is 17.6 Å². The van der Waals surface area contributed by atoms with Gasteiger partial charge in [-0.15, -0.1) is 11.3 Å². The van der Waals surface area contributed by atoms with Gasteiger partial charge in [0.2, 0.25) is 10.0 Å². The van der Waals surface area contributed by atoms with Crippen molar-refractivity contribution in [3.8, 4) is 0 Å². The second-order valence-corrected chi connectivity index (χ2v) is 12.8. The molecule has 0 aliphatic carbocycles. The normalized spacial score (nSPS) is 16.9. The molecule has 1 atom stereocenters. The van der Waals surface area contributed by atoms with Crippen LogP contribution in [0.3, 0.4) is 0 Å². The van der Waals surface area contributed by atoms with E-state index in [1.54, 1.807) is 36.4 Å². The summed E-state index contributed by atoms with van der Waals surface area (Å²) in [5.41, 5.74) is 0.545. The number of nitrogens with zero attached hydrogens (tertiary/aromatic N) is 2. The molecule has 3 aromatic rings. The van der Waals surface area contributed by atoms with E-state index in [0.29, 0.717) is 23.5 Å². The SMILES string of the molecule is O=C(c1ccccc1)N(Cl)Cc1ccc(S(=O)(=O)NCC2CCCN(Cc3ccc(C(F)(F)F)cc3)C2)s1. The Morgan fingerprint density at radius 1 is 1.08 bits per heavy atom. The van der Waals surface area contributed by atoms with E-state index in [9.17, 15) is 26.4 Å². The molecule has 1 aliphatic heterocycles. The van der Waals surface area contributed by atoms with Gasteiger partial charge in [-0.3, -0.25) is 9.69 Å². The molecule has 4 rings (SSSR count). The maximum Gasteiger partial charge on any atom is 0.416 e. The van der Waals surface area contributed by atoms with Crippen molar-refractivity contribution in [1.29, 1.82) is 0 Å². The topological polar surface area (TPSA) is 69.7 Å². The summed E-state index contributed by atoms with van der Waals surface area (Å²) >= 11 is 7.21. The van der Waals surface area contributed by atoms with Gasteiger partial charge in [-0.2, -0.15) is 13.2 Å². The highest BCUT2D eigenvalue weighted by Gasteiger charge is 2.30. The van der Waals surface area contributed by atoms with Crippen molar-refractivity contribution in [2.45, 2.75) is 36.3 Å². The number of carbonyl (C=O) groups is 1. The van der Waals surface area contributed by atoms with E-state index in [1.807, 2.05) is 0 Å². The predicted molar refractivity (Wildman–Crippen MR) is 141 cm³/mol. The van der Waals surface area contributed by atoms with Crippen molar-refractivity contribution >= 4 is 39.0 Å². The Hall–Kier alpha value is -2.44. The lowest BCUT2D eigenvalue weighted by atomic mass is 9.98. The highest BCUT2D eigenvalue weighted by Crippen LogP contribution is 2.30. The largest absolute Gasteiger partial charge is 0.416 e. The molecule has 12 heteroatoms. The summed E-state index contributed by atoms with van der Waals surface area (Å²) in [4.78, 5) is 15.2. The molecule has 2 heterocycles. The van der Waals surface area contributed by atoms with Gasteiger partial charge in [-0.1, -0.05) is 30.3 Å². The number of alkyl halides is 3. The Labute approximate surface area is 229 Å². The molecule has 1 N–H and O–H groups in total. The van der Waals surface area contributed by atoms with Gasteiger partial charge in [0, 0.05) is 41.9 Å². The molecule has 1 amide bonds. The highest BCUT2D eigenvalue weighted by atomic mass is 35.5. The lowest BCUT2D eigenvalue weighted by Gasteiger charge is -2.32. The summed E-state index contributed by atoms with van der Waals surface area (Å²) in [5, 5.41) is 0. The number of nitrogens with one attached hydrogen (secondary N) is 1. The number of carbonyl (C=O) groups excluding carboxylic acids is 1. The first-order chi connectivity index (χ1) is 18.0. The lowest BCUT2D eigenvalue weighted by molar-refractivity contribution is -0.137. The van der Waals surface area contributed by atoms with E-state index >= 15 is 0 Å². The number of thiophene rings is 1. The molecule has 1 aliphatic rings. The standard InChI is InChI=1S/C26H27ClF3N3O3S2/c27-33(25(34)21-6-2-1-3-7-21)18-23-12-13-24(37-23)38(35,36)31-15-20-5-4-14-32(17-20)16-19-8-10-22(11-9-19)26(28,29)30/h1-3,6-13,20,31H,4-5,14-18H2. The van der Waals surface area contributed by atoms with Crippen LogP contribution < -0.4 is 4.72 Å². The molecule has 1 saturated heterocycles. The molecule has 0 saturated carbocycles. The first-order valence-electron chi connectivity index (χ1n) is 12.0. The van der Waals surface area contributed by atoms with Gasteiger partial charge in [0.05, 0.1) is 12.1 Å². The van der Waals surface area contributed by atoms with Crippen LogP contribution in [0, 0.1) is 5.92 Å². The van der Waals surface area contributed by atoms with Gasteiger partial charge in [0.25, 0.3) is 5.91 Å². The van der Waals surface area contributed by atoms with E-state index in [1.165, 1.54) is 18.2 Å². The van der Waals surface area contributed by atoms with Gasteiger partial charge in [0.15, 0.2) is 0 Å². The molecule has 38 heavy (non-hydrogen) atoms. The van der Waals surface area contributed by atoms with Crippen LogP contribution in [0.1, 0.15) is 39.2 Å². The third kappa shape index (κ3) is 7.57. The van der Waals surface area contributed by atoms with Crippen molar-refractivity contribution in [1.82, 2.24) is 14.0 Å². The molecular formula is C26H27ClF3N3O3S2. The van der Waals surface area contributed by atoms with E-state index in [0.717, 1.165) is 52.8 Å². The first kappa shape index (κ1) is 28.6. The minimum atomic E-state index is -4.36. The Morgan fingerprint density at radius 3 is 2.47 bits per heavy atom. The third-order valence-electron chi connectivity index (χ3n) is 6.29. The van der Waals surface area contributed by atoms with Crippen molar-refractivity contribution in [3.05, 3.63) is 88.3 Å². The maximum atomic E-state index is 12.9. The average molecular weight is 586 g/mol. The maximum absolute atomic E-state index is 12.9. The Bertz CT molecular complexity index is 1330. The van der Waals surface area contributed by atoms with Crippen LogP contribution in [0.2, 0.25) is 0 Å². The van der Waals surface area contributed by atoms with Crippen LogP contribution in [0.5, 0.6) is 0 Å². The molecule has 2 aromatic carbocycles. The van der Waals surface area contributed by atoms with E-state index in [4.69, 9.17) is 11.8 Å². The summed E-state index contributed by atoms with van der Waals surface area (Å²) in [5.74, 6) is -0.296. The Kier molecular flexibility index (Phi) is 9.15. The smallest absolute Gasteiger partial charge is 0.299 e. The number of sulfonamides is 1. The Morgan fingerprint density at radius 2 is 1.79 bits per heavy atom. The van der Waals surface area contributed by atoms with Gasteiger partial charge >= 0.3 is 6.18 Å². The summed E-state index contributed by atoms with van der Waals surface area (Å²) in [7, 11) is -3.75. The Balaban J connectivity index is 1.29. The number of hydrogen-bond donors (Lipinski definition) is 1. The fourth-order valence-electron chi connectivity index (χ4n) is 4.33. The number of halogens is 4. The molecule has 1 aromatic heterocycles. The van der Waals surface area contributed by atoms with Crippen LogP contribution in [0.15, 0.2) is 70.9 Å². The molecule has 0 spiro atoms. The fraction of sp³-hybridized carbons (Fsp3) is 0.346. The molecule has 1 unspecified atom stereocenters. The molecule has 6 nitrogen and oxygen atoms in total. The van der Waals surface area contributed by atoms with Crippen molar-refractivity contribution in [2.75, 3.05) is 19.6 Å². The zero-order valence-corrected chi connectivity index (χ0v) is 22.7. The summed E-state index contributed by atoms with van der Waals surface area (Å²) in [6, 6.07) is 16.9. The minimum Gasteiger partial charge on any atom is -0.299 e. The molecule has 204 valence electrons. The van der Waals surface area contributed by atoms with Crippen LogP contribution in [-0.4, -0.2) is 43.3 Å². The highest BCUT2D eigenvalue weighted by molar-refractivity contribution is 7.91. The van der Waals surface area contributed by atoms with Crippen molar-refractivity contribution < 1.29 is 26.4 Å². The number of amides is 1. The monoisotopic (exact) mass is 585 g/mol. The van der Waals surface area contributed by atoms with Crippen molar-refractivity contribution in [2.24, 2.45) is 5.92 Å². The number of rotatable bonds is 9. The summed E-state index contributed by atoms with van der Waals surface area (Å²) in [6.45, 7) is 2.27. The molecular weight excluding hydrogens is 559 g/mol. The zero-order chi connectivity index (χ0) is 27.3. The number of hydrogen-bond acceptors (Lipinski definition) is 5. The van der Waals surface area contributed by atoms with Gasteiger partial charge < -0.3 is 0 Å². The van der Waals surface area contributed by atoms with Crippen LogP contribution in [0.4, 0.5) is 13.2 Å². The van der Waals surface area contributed by atoms with Crippen LogP contribution in [-0.2, 0) is 29.3 Å².